The smallest absolute Gasteiger partial charge is 0.335 e. The molecule has 0 bridgehead atoms. The molecule has 4 nitrogen and oxygen atoms in total. The lowest BCUT2D eigenvalue weighted by Crippen LogP contribution is -2.34. The van der Waals surface area contributed by atoms with Crippen molar-refractivity contribution in [2.45, 2.75) is 104 Å². The molecule has 0 aromatic heterocycles. The van der Waals surface area contributed by atoms with Crippen LogP contribution in [0.4, 0.5) is 0 Å². The fourth-order valence-electron chi connectivity index (χ4n) is 3.98. The summed E-state index contributed by atoms with van der Waals surface area (Å²) in [4.78, 5) is 23.2. The van der Waals surface area contributed by atoms with E-state index in [1.807, 2.05) is 0 Å². The fraction of sp³-hybridized carbons (Fsp3) is 0.826. The number of carboxylic acids is 1. The Hall–Kier alpha value is -1.16. The normalized spacial score (nSPS) is 23.1. The van der Waals surface area contributed by atoms with E-state index < -0.39 is 11.6 Å². The lowest BCUT2D eigenvalue weighted by Gasteiger charge is -2.23. The van der Waals surface area contributed by atoms with Crippen LogP contribution in [0.2, 0.25) is 0 Å². The maximum Gasteiger partial charge on any atom is 0.335 e. The number of hydrogen-bond donors (Lipinski definition) is 2. The van der Waals surface area contributed by atoms with Crippen LogP contribution < -0.4 is 0 Å². The highest BCUT2D eigenvalue weighted by molar-refractivity contribution is 5.83. The van der Waals surface area contributed by atoms with Gasteiger partial charge in [-0.15, -0.1) is 0 Å². The number of aliphatic carboxylic acids is 1. The van der Waals surface area contributed by atoms with Gasteiger partial charge in [0.25, 0.3) is 0 Å². The van der Waals surface area contributed by atoms with Gasteiger partial charge < -0.3 is 10.2 Å². The number of Topliss-reactive ketones (excluding diaryl/α,β-unsaturated/α-hetero) is 1. The van der Waals surface area contributed by atoms with Gasteiger partial charge in [0.15, 0.2) is 5.60 Å². The van der Waals surface area contributed by atoms with E-state index in [1.54, 1.807) is 0 Å². The summed E-state index contributed by atoms with van der Waals surface area (Å²) in [5.41, 5.74) is -1.31. The van der Waals surface area contributed by atoms with Crippen molar-refractivity contribution in [2.24, 2.45) is 17.3 Å². The number of carboxylic acid groups (broad SMARTS) is 1. The average molecular weight is 381 g/mol. The van der Waals surface area contributed by atoms with Gasteiger partial charge in [-0.25, -0.2) is 4.79 Å². The monoisotopic (exact) mass is 380 g/mol. The number of aliphatic hydroxyl groups is 1. The minimum Gasteiger partial charge on any atom is -0.479 e. The Bertz CT molecular complexity index is 505. The van der Waals surface area contributed by atoms with Crippen molar-refractivity contribution in [1.29, 1.82) is 0 Å². The molecule has 0 spiro atoms. The van der Waals surface area contributed by atoms with E-state index in [9.17, 15) is 14.7 Å². The van der Waals surface area contributed by atoms with Crippen molar-refractivity contribution in [2.75, 3.05) is 0 Å². The predicted octanol–water partition coefficient (Wildman–Crippen LogP) is 5.53. The molecule has 3 atom stereocenters. The quantitative estimate of drug-likeness (QED) is 0.325. The van der Waals surface area contributed by atoms with Crippen molar-refractivity contribution in [3.05, 3.63) is 12.2 Å². The van der Waals surface area contributed by atoms with Crippen LogP contribution in [-0.2, 0) is 9.59 Å². The summed E-state index contributed by atoms with van der Waals surface area (Å²) in [6.07, 6.45) is 14.6. The molecule has 0 aliphatic heterocycles. The van der Waals surface area contributed by atoms with Gasteiger partial charge in [-0.05, 0) is 56.8 Å². The van der Waals surface area contributed by atoms with Crippen molar-refractivity contribution < 1.29 is 19.8 Å². The molecular weight excluding hydrogens is 340 g/mol. The van der Waals surface area contributed by atoms with E-state index >= 15 is 0 Å². The molecule has 0 heterocycles. The van der Waals surface area contributed by atoms with E-state index in [0.717, 1.165) is 32.1 Å². The second-order valence-electron chi connectivity index (χ2n) is 9.35. The fourth-order valence-corrected chi connectivity index (χ4v) is 3.98. The molecule has 1 aliphatic carbocycles. The van der Waals surface area contributed by atoms with Gasteiger partial charge in [0.05, 0.1) is 0 Å². The van der Waals surface area contributed by atoms with Crippen LogP contribution >= 0.6 is 0 Å². The van der Waals surface area contributed by atoms with E-state index in [2.05, 4.69) is 32.9 Å². The van der Waals surface area contributed by atoms with Crippen molar-refractivity contribution >= 4 is 11.8 Å². The number of allylic oxidation sites excluding steroid dienone is 2. The maximum absolute atomic E-state index is 12.2. The first-order valence-corrected chi connectivity index (χ1v) is 10.7. The van der Waals surface area contributed by atoms with Gasteiger partial charge in [-0.2, -0.15) is 0 Å². The largest absolute Gasteiger partial charge is 0.479 e. The summed E-state index contributed by atoms with van der Waals surface area (Å²) in [5, 5.41) is 18.7. The lowest BCUT2D eigenvalue weighted by molar-refractivity contribution is -0.157. The molecule has 1 unspecified atom stereocenters. The predicted molar refractivity (Wildman–Crippen MR) is 110 cm³/mol. The van der Waals surface area contributed by atoms with E-state index in [1.165, 1.54) is 26.2 Å². The van der Waals surface area contributed by atoms with Crippen LogP contribution in [0.25, 0.3) is 0 Å². The Balaban J connectivity index is 2.39. The SMILES string of the molecule is CCCCC(C)(C)CC=C[C@H]1CCC(=O)[C@@H]1CCCCCC(C)(O)C(=O)O. The number of hydrogen-bond acceptors (Lipinski definition) is 3. The summed E-state index contributed by atoms with van der Waals surface area (Å²) in [7, 11) is 0. The number of carbonyl (C=O) groups excluding carboxylic acids is 1. The van der Waals surface area contributed by atoms with Crippen LogP contribution in [-0.4, -0.2) is 27.6 Å². The maximum atomic E-state index is 12.2. The zero-order valence-corrected chi connectivity index (χ0v) is 17.8. The number of ketones is 1. The molecule has 0 amide bonds. The highest BCUT2D eigenvalue weighted by atomic mass is 16.4. The topological polar surface area (TPSA) is 74.6 Å². The minimum absolute atomic E-state index is 0.125. The van der Waals surface area contributed by atoms with Gasteiger partial charge in [0.2, 0.25) is 0 Å². The highest BCUT2D eigenvalue weighted by Crippen LogP contribution is 2.35. The zero-order chi connectivity index (χ0) is 20.5. The molecule has 1 aliphatic rings. The van der Waals surface area contributed by atoms with Gasteiger partial charge >= 0.3 is 5.97 Å². The van der Waals surface area contributed by atoms with Crippen LogP contribution in [0.1, 0.15) is 98.3 Å². The van der Waals surface area contributed by atoms with Gasteiger partial charge in [0.1, 0.15) is 5.78 Å². The van der Waals surface area contributed by atoms with Crippen LogP contribution in [0.5, 0.6) is 0 Å². The molecule has 0 aromatic rings. The molecule has 156 valence electrons. The number of carbonyl (C=O) groups is 2. The summed E-state index contributed by atoms with van der Waals surface area (Å²) in [6.45, 7) is 8.20. The lowest BCUT2D eigenvalue weighted by atomic mass is 9.83. The molecule has 0 saturated heterocycles. The molecule has 27 heavy (non-hydrogen) atoms. The Morgan fingerprint density at radius 2 is 1.85 bits per heavy atom. The van der Waals surface area contributed by atoms with Gasteiger partial charge in [0, 0.05) is 12.3 Å². The third-order valence-electron chi connectivity index (χ3n) is 6.05. The summed E-state index contributed by atoms with van der Waals surface area (Å²) >= 11 is 0. The molecule has 1 fully saturated rings. The van der Waals surface area contributed by atoms with Crippen molar-refractivity contribution in [1.82, 2.24) is 0 Å². The van der Waals surface area contributed by atoms with Crippen molar-refractivity contribution in [3.8, 4) is 0 Å². The number of unbranched alkanes of at least 4 members (excludes halogenated alkanes) is 3. The highest BCUT2D eigenvalue weighted by Gasteiger charge is 2.33. The Morgan fingerprint density at radius 3 is 2.48 bits per heavy atom. The molecular formula is C23H40O4. The second kappa shape index (κ2) is 11.0. The molecule has 1 rings (SSSR count). The first-order chi connectivity index (χ1) is 12.6. The molecule has 0 aromatic carbocycles. The van der Waals surface area contributed by atoms with Crippen molar-refractivity contribution in [3.63, 3.8) is 0 Å². The van der Waals surface area contributed by atoms with E-state index in [0.29, 0.717) is 30.0 Å². The van der Waals surface area contributed by atoms with E-state index in [-0.39, 0.29) is 12.3 Å². The Morgan fingerprint density at radius 1 is 1.15 bits per heavy atom. The third kappa shape index (κ3) is 8.59. The molecule has 0 radical (unpaired) electrons. The summed E-state index contributed by atoms with van der Waals surface area (Å²) < 4.78 is 0. The van der Waals surface area contributed by atoms with Gasteiger partial charge in [-0.3, -0.25) is 4.79 Å². The Kier molecular flexibility index (Phi) is 9.72. The number of rotatable bonds is 13. The summed E-state index contributed by atoms with van der Waals surface area (Å²) in [6, 6.07) is 0. The third-order valence-corrected chi connectivity index (χ3v) is 6.05. The first kappa shape index (κ1) is 23.9. The van der Waals surface area contributed by atoms with Crippen LogP contribution in [0, 0.1) is 17.3 Å². The Labute approximate surface area is 165 Å². The molecule has 1 saturated carbocycles. The average Bonchev–Trinajstić information content (AvgIpc) is 2.92. The van der Waals surface area contributed by atoms with Gasteiger partial charge in [-0.1, -0.05) is 58.6 Å². The van der Waals surface area contributed by atoms with Crippen LogP contribution in [0.3, 0.4) is 0 Å². The molecule has 2 N–H and O–H groups in total. The second-order valence-corrected chi connectivity index (χ2v) is 9.35. The van der Waals surface area contributed by atoms with E-state index in [4.69, 9.17) is 5.11 Å². The molecule has 4 heteroatoms. The summed E-state index contributed by atoms with van der Waals surface area (Å²) in [5.74, 6) is -0.297. The minimum atomic E-state index is -1.64. The van der Waals surface area contributed by atoms with Crippen LogP contribution in [0.15, 0.2) is 12.2 Å². The standard InChI is InChI=1S/C23H40O4/c1-5-6-15-22(2,3)16-10-11-18-13-14-20(24)19(18)12-8-7-9-17-23(4,27)21(25)26/h10-11,18-19,27H,5-9,12-17H2,1-4H3,(H,25,26)/t18-,19+,23?/m0/s1. The zero-order valence-electron chi connectivity index (χ0n) is 17.8. The first-order valence-electron chi connectivity index (χ1n) is 10.7.